The quantitative estimate of drug-likeness (QED) is 0.825. The molecule has 1 aliphatic rings. The SMILES string of the molecule is CC=CC(=O)Nc1cc2c(cc1Cl)OCCO2. The van der Waals surface area contributed by atoms with Crippen molar-refractivity contribution >= 4 is 23.2 Å². The number of carbonyl (C=O) groups excluding carboxylic acids is 1. The molecule has 0 bridgehead atoms. The Morgan fingerprint density at radius 1 is 1.35 bits per heavy atom. The van der Waals surface area contributed by atoms with Crippen molar-refractivity contribution in [2.24, 2.45) is 0 Å². The number of rotatable bonds is 2. The van der Waals surface area contributed by atoms with Crippen LogP contribution in [0.15, 0.2) is 24.3 Å². The molecule has 1 N–H and O–H groups in total. The first kappa shape index (κ1) is 11.8. The van der Waals surface area contributed by atoms with Crippen molar-refractivity contribution in [2.45, 2.75) is 6.92 Å². The van der Waals surface area contributed by atoms with Gasteiger partial charge < -0.3 is 14.8 Å². The zero-order chi connectivity index (χ0) is 12.3. The normalized spacial score (nSPS) is 13.8. The molecule has 5 heteroatoms. The summed E-state index contributed by atoms with van der Waals surface area (Å²) in [5, 5.41) is 3.09. The van der Waals surface area contributed by atoms with Crippen LogP contribution in [0.1, 0.15) is 6.92 Å². The van der Waals surface area contributed by atoms with Gasteiger partial charge in [-0.3, -0.25) is 4.79 Å². The van der Waals surface area contributed by atoms with Crippen LogP contribution in [0.2, 0.25) is 5.02 Å². The van der Waals surface area contributed by atoms with E-state index < -0.39 is 0 Å². The van der Waals surface area contributed by atoms with Crippen molar-refractivity contribution < 1.29 is 14.3 Å². The van der Waals surface area contributed by atoms with E-state index in [0.29, 0.717) is 35.4 Å². The molecule has 1 heterocycles. The second-order valence-electron chi connectivity index (χ2n) is 3.46. The van der Waals surface area contributed by atoms with Crippen LogP contribution in [-0.2, 0) is 4.79 Å². The Hall–Kier alpha value is -1.68. The predicted molar refractivity (Wildman–Crippen MR) is 65.9 cm³/mol. The molecular formula is C12H12ClNO3. The monoisotopic (exact) mass is 253 g/mol. The van der Waals surface area contributed by atoms with Gasteiger partial charge in [0.1, 0.15) is 13.2 Å². The van der Waals surface area contributed by atoms with Crippen molar-refractivity contribution in [3.8, 4) is 11.5 Å². The minimum absolute atomic E-state index is 0.230. The highest BCUT2D eigenvalue weighted by Crippen LogP contribution is 2.37. The summed E-state index contributed by atoms with van der Waals surface area (Å²) in [4.78, 5) is 11.4. The summed E-state index contributed by atoms with van der Waals surface area (Å²) in [5.74, 6) is 0.966. The highest BCUT2D eigenvalue weighted by atomic mass is 35.5. The second-order valence-corrected chi connectivity index (χ2v) is 3.87. The Balaban J connectivity index is 2.25. The minimum Gasteiger partial charge on any atom is -0.486 e. The fourth-order valence-electron chi connectivity index (χ4n) is 1.49. The summed E-state index contributed by atoms with van der Waals surface area (Å²) in [6.45, 7) is 2.77. The molecule has 90 valence electrons. The number of ether oxygens (including phenoxy) is 2. The van der Waals surface area contributed by atoms with Crippen LogP contribution in [0, 0.1) is 0 Å². The third-order valence-electron chi connectivity index (χ3n) is 2.21. The van der Waals surface area contributed by atoms with E-state index in [-0.39, 0.29) is 5.91 Å². The van der Waals surface area contributed by atoms with Gasteiger partial charge in [0.2, 0.25) is 5.91 Å². The van der Waals surface area contributed by atoms with Crippen molar-refractivity contribution in [1.29, 1.82) is 0 Å². The lowest BCUT2D eigenvalue weighted by molar-refractivity contribution is -0.111. The molecule has 0 radical (unpaired) electrons. The Labute approximate surface area is 104 Å². The molecule has 0 unspecified atom stereocenters. The number of hydrogen-bond acceptors (Lipinski definition) is 3. The van der Waals surface area contributed by atoms with E-state index in [2.05, 4.69) is 5.32 Å². The van der Waals surface area contributed by atoms with Gasteiger partial charge in [0.15, 0.2) is 11.5 Å². The zero-order valence-electron chi connectivity index (χ0n) is 9.33. The number of carbonyl (C=O) groups is 1. The first-order valence-corrected chi connectivity index (χ1v) is 5.61. The molecular weight excluding hydrogens is 242 g/mol. The van der Waals surface area contributed by atoms with Gasteiger partial charge in [-0.1, -0.05) is 17.7 Å². The van der Waals surface area contributed by atoms with Crippen molar-refractivity contribution in [3.63, 3.8) is 0 Å². The largest absolute Gasteiger partial charge is 0.486 e. The number of anilines is 1. The van der Waals surface area contributed by atoms with Crippen LogP contribution < -0.4 is 14.8 Å². The summed E-state index contributed by atoms with van der Waals surface area (Å²) in [6, 6.07) is 3.31. The van der Waals surface area contributed by atoms with E-state index in [1.807, 2.05) is 0 Å². The average molecular weight is 254 g/mol. The molecule has 0 fully saturated rings. The van der Waals surface area contributed by atoms with E-state index in [1.54, 1.807) is 25.1 Å². The summed E-state index contributed by atoms with van der Waals surface area (Å²) >= 11 is 6.03. The molecule has 0 aromatic heterocycles. The number of halogens is 1. The standard InChI is InChI=1S/C12H12ClNO3/c1-2-3-12(15)14-9-7-11-10(6-8(9)13)16-4-5-17-11/h2-3,6-7H,4-5H2,1H3,(H,14,15). The number of nitrogens with one attached hydrogen (secondary N) is 1. The van der Waals surface area contributed by atoms with Gasteiger partial charge in [0.25, 0.3) is 0 Å². The van der Waals surface area contributed by atoms with E-state index in [1.165, 1.54) is 6.08 Å². The fourth-order valence-corrected chi connectivity index (χ4v) is 1.69. The summed E-state index contributed by atoms with van der Waals surface area (Å²) in [7, 11) is 0. The van der Waals surface area contributed by atoms with E-state index in [0.717, 1.165) is 0 Å². The fraction of sp³-hybridized carbons (Fsp3) is 0.250. The van der Waals surface area contributed by atoms with Gasteiger partial charge in [0.05, 0.1) is 10.7 Å². The van der Waals surface area contributed by atoms with Crippen LogP contribution in [-0.4, -0.2) is 19.1 Å². The van der Waals surface area contributed by atoms with Crippen LogP contribution in [0.3, 0.4) is 0 Å². The van der Waals surface area contributed by atoms with Gasteiger partial charge in [-0.25, -0.2) is 0 Å². The smallest absolute Gasteiger partial charge is 0.248 e. The Morgan fingerprint density at radius 3 is 2.65 bits per heavy atom. The third-order valence-corrected chi connectivity index (χ3v) is 2.52. The van der Waals surface area contributed by atoms with Gasteiger partial charge in [-0.05, 0) is 13.0 Å². The molecule has 0 aliphatic carbocycles. The predicted octanol–water partition coefficient (Wildman–Crippen LogP) is 2.63. The molecule has 0 atom stereocenters. The number of amides is 1. The van der Waals surface area contributed by atoms with Crippen molar-refractivity contribution in [1.82, 2.24) is 0 Å². The summed E-state index contributed by atoms with van der Waals surface area (Å²) in [6.07, 6.45) is 3.08. The summed E-state index contributed by atoms with van der Waals surface area (Å²) in [5.41, 5.74) is 0.513. The van der Waals surface area contributed by atoms with Gasteiger partial charge in [0, 0.05) is 12.1 Å². The number of hydrogen-bond donors (Lipinski definition) is 1. The van der Waals surface area contributed by atoms with Crippen molar-refractivity contribution in [3.05, 3.63) is 29.3 Å². The van der Waals surface area contributed by atoms with Crippen LogP contribution in [0.25, 0.3) is 0 Å². The molecule has 1 amide bonds. The third kappa shape index (κ3) is 2.71. The van der Waals surface area contributed by atoms with Crippen molar-refractivity contribution in [2.75, 3.05) is 18.5 Å². The van der Waals surface area contributed by atoms with E-state index >= 15 is 0 Å². The number of benzene rings is 1. The Kier molecular flexibility index (Phi) is 3.54. The van der Waals surface area contributed by atoms with Crippen LogP contribution in [0.4, 0.5) is 5.69 Å². The molecule has 17 heavy (non-hydrogen) atoms. The van der Waals surface area contributed by atoms with E-state index in [9.17, 15) is 4.79 Å². The highest BCUT2D eigenvalue weighted by molar-refractivity contribution is 6.34. The van der Waals surface area contributed by atoms with Crippen LogP contribution in [0.5, 0.6) is 11.5 Å². The topological polar surface area (TPSA) is 47.6 Å². The molecule has 2 rings (SSSR count). The Morgan fingerprint density at radius 2 is 2.00 bits per heavy atom. The lowest BCUT2D eigenvalue weighted by atomic mass is 10.2. The highest BCUT2D eigenvalue weighted by Gasteiger charge is 2.15. The Bertz CT molecular complexity index is 471. The summed E-state index contributed by atoms with van der Waals surface area (Å²) < 4.78 is 10.8. The van der Waals surface area contributed by atoms with Gasteiger partial charge in [-0.15, -0.1) is 0 Å². The first-order chi connectivity index (χ1) is 8.20. The zero-order valence-corrected chi connectivity index (χ0v) is 10.1. The number of allylic oxidation sites excluding steroid dienone is 1. The lowest BCUT2D eigenvalue weighted by Crippen LogP contribution is -2.16. The maximum absolute atomic E-state index is 11.4. The minimum atomic E-state index is -0.230. The molecule has 0 saturated carbocycles. The molecule has 1 aliphatic heterocycles. The molecule has 0 spiro atoms. The molecule has 0 saturated heterocycles. The van der Waals surface area contributed by atoms with E-state index in [4.69, 9.17) is 21.1 Å². The van der Waals surface area contributed by atoms with Gasteiger partial charge in [-0.2, -0.15) is 0 Å². The average Bonchev–Trinajstić information content (AvgIpc) is 2.30. The molecule has 4 nitrogen and oxygen atoms in total. The van der Waals surface area contributed by atoms with Gasteiger partial charge >= 0.3 is 0 Å². The van der Waals surface area contributed by atoms with Crippen LogP contribution >= 0.6 is 11.6 Å². The lowest BCUT2D eigenvalue weighted by Gasteiger charge is -2.19. The first-order valence-electron chi connectivity index (χ1n) is 5.23. The molecule has 1 aromatic carbocycles. The number of fused-ring (bicyclic) bond motifs is 1. The maximum atomic E-state index is 11.4. The molecule has 1 aromatic rings. The maximum Gasteiger partial charge on any atom is 0.248 e. The second kappa shape index (κ2) is 5.10.